The van der Waals surface area contributed by atoms with E-state index in [0.29, 0.717) is 11.4 Å². The van der Waals surface area contributed by atoms with E-state index < -0.39 is 0 Å². The van der Waals surface area contributed by atoms with Crippen molar-refractivity contribution in [3.8, 4) is 41.8 Å². The number of nitrogens with zero attached hydrogens (tertiary/aromatic N) is 4. The predicted octanol–water partition coefficient (Wildman–Crippen LogP) is 17.8. The van der Waals surface area contributed by atoms with Crippen molar-refractivity contribution in [2.75, 3.05) is 21.3 Å². The number of hydrogen-bond acceptors (Lipinski definition) is 9. The summed E-state index contributed by atoms with van der Waals surface area (Å²) in [6.07, 6.45) is 0. The zero-order valence-electron chi connectivity index (χ0n) is 40.3. The molecule has 0 bridgehead atoms. The van der Waals surface area contributed by atoms with Gasteiger partial charge in [-0.15, -0.1) is 22.7 Å². The molecule has 0 radical (unpaired) electrons. The molecule has 10 rings (SSSR count). The van der Waals surface area contributed by atoms with Crippen LogP contribution in [0.3, 0.4) is 0 Å². The van der Waals surface area contributed by atoms with Crippen LogP contribution >= 0.6 is 34.4 Å². The van der Waals surface area contributed by atoms with E-state index in [9.17, 15) is 0 Å². The van der Waals surface area contributed by atoms with Gasteiger partial charge in [0.1, 0.15) is 11.0 Å². The number of nitrogens with two attached hydrogens (primary N) is 2. The summed E-state index contributed by atoms with van der Waals surface area (Å²) in [4.78, 5) is 8.88. The number of aromatic nitrogens is 2. The maximum Gasteiger partial charge on any atom is 0.116 e. The standard InChI is InChI=1S/C60H56N6S3/c1-37-9-21-43(22-10-37)65(47-29-17-41(18-30-47)59(3,4)5)45-25-13-39(14-26-45)49-33-35-51(67-49)53-55(61)56(62)54(58-57(53)63-69-64-58)52-36-34-50(68-52)40-15-27-46(28-16-40)66(44-23-11-38(2)12-24-44)48-31-19-42(20-32-48)60(6,7)8/h9-36H,61-62H2,1-8H3. The first-order chi connectivity index (χ1) is 33.1. The quantitative estimate of drug-likeness (QED) is 0.133. The largest absolute Gasteiger partial charge is 0.396 e. The van der Waals surface area contributed by atoms with Gasteiger partial charge in [-0.25, -0.2) is 0 Å². The van der Waals surface area contributed by atoms with Gasteiger partial charge in [0.2, 0.25) is 0 Å². The molecular formula is C60H56N6S3. The minimum Gasteiger partial charge on any atom is -0.396 e. The van der Waals surface area contributed by atoms with Crippen LogP contribution in [0.4, 0.5) is 45.5 Å². The summed E-state index contributed by atoms with van der Waals surface area (Å²) >= 11 is 4.56. The highest BCUT2D eigenvalue weighted by atomic mass is 32.1. The molecule has 3 aromatic heterocycles. The van der Waals surface area contributed by atoms with Crippen LogP contribution in [-0.4, -0.2) is 8.75 Å². The molecular weight excluding hydrogens is 901 g/mol. The van der Waals surface area contributed by atoms with E-state index in [1.807, 2.05) is 0 Å². The first-order valence-electron chi connectivity index (χ1n) is 23.3. The Hall–Kier alpha value is -7.04. The lowest BCUT2D eigenvalue weighted by Gasteiger charge is -2.27. The molecule has 0 aliphatic rings. The molecule has 10 aromatic rings. The van der Waals surface area contributed by atoms with Gasteiger partial charge in [-0.1, -0.05) is 125 Å². The van der Waals surface area contributed by atoms with Crippen LogP contribution in [0.25, 0.3) is 52.8 Å². The average Bonchev–Trinajstić information content (AvgIpc) is 4.14. The van der Waals surface area contributed by atoms with Crippen LogP contribution in [0.15, 0.2) is 170 Å². The molecule has 0 fully saturated rings. The number of nitrogen functional groups attached to an aromatic ring is 2. The fourth-order valence-corrected chi connectivity index (χ4v) is 11.6. The molecule has 0 amide bonds. The number of anilines is 8. The Morgan fingerprint density at radius 3 is 0.942 bits per heavy atom. The molecule has 0 unspecified atom stereocenters. The molecule has 6 nitrogen and oxygen atoms in total. The Morgan fingerprint density at radius 2 is 0.638 bits per heavy atom. The molecule has 0 atom stereocenters. The minimum atomic E-state index is 0.0746. The molecule has 344 valence electrons. The van der Waals surface area contributed by atoms with Crippen LogP contribution in [0.2, 0.25) is 0 Å². The summed E-state index contributed by atoms with van der Waals surface area (Å²) in [5.41, 5.74) is 32.4. The monoisotopic (exact) mass is 956 g/mol. The van der Waals surface area contributed by atoms with Gasteiger partial charge in [0.05, 0.1) is 23.1 Å². The van der Waals surface area contributed by atoms with E-state index in [1.165, 1.54) is 34.0 Å². The molecule has 69 heavy (non-hydrogen) atoms. The van der Waals surface area contributed by atoms with Crippen molar-refractivity contribution in [3.05, 3.63) is 192 Å². The summed E-state index contributed by atoms with van der Waals surface area (Å²) < 4.78 is 9.67. The van der Waals surface area contributed by atoms with Gasteiger partial charge in [0.15, 0.2) is 0 Å². The third-order valence-corrected chi connectivity index (χ3v) is 15.7. The second kappa shape index (κ2) is 18.1. The maximum absolute atomic E-state index is 7.04. The van der Waals surface area contributed by atoms with Crippen molar-refractivity contribution in [1.29, 1.82) is 0 Å². The molecule has 0 spiro atoms. The third-order valence-electron chi connectivity index (χ3n) is 12.9. The fraction of sp³-hybridized carbons (Fsp3) is 0.167. The van der Waals surface area contributed by atoms with Crippen molar-refractivity contribution in [3.63, 3.8) is 0 Å². The average molecular weight is 957 g/mol. The number of fused-ring (bicyclic) bond motifs is 1. The van der Waals surface area contributed by atoms with E-state index in [1.54, 1.807) is 22.7 Å². The molecule has 0 saturated heterocycles. The van der Waals surface area contributed by atoms with Gasteiger partial charge in [0.25, 0.3) is 0 Å². The summed E-state index contributed by atoms with van der Waals surface area (Å²) in [6.45, 7) is 17.7. The molecule has 3 heterocycles. The topological polar surface area (TPSA) is 84.3 Å². The second-order valence-corrected chi connectivity index (χ2v) is 22.6. The zero-order chi connectivity index (χ0) is 48.2. The predicted molar refractivity (Wildman–Crippen MR) is 300 cm³/mol. The normalized spacial score (nSPS) is 11.9. The third kappa shape index (κ3) is 9.06. The molecule has 4 N–H and O–H groups in total. The lowest BCUT2D eigenvalue weighted by molar-refractivity contribution is 0.590. The highest BCUT2D eigenvalue weighted by molar-refractivity contribution is 7.19. The van der Waals surface area contributed by atoms with Gasteiger partial charge in [-0.3, -0.25) is 0 Å². The van der Waals surface area contributed by atoms with Crippen molar-refractivity contribution in [2.24, 2.45) is 0 Å². The van der Waals surface area contributed by atoms with E-state index in [-0.39, 0.29) is 10.8 Å². The second-order valence-electron chi connectivity index (χ2n) is 19.9. The van der Waals surface area contributed by atoms with Crippen LogP contribution in [0, 0.1) is 13.8 Å². The number of thiophene rings is 2. The summed E-state index contributed by atoms with van der Waals surface area (Å²) in [6, 6.07) is 61.4. The Morgan fingerprint density at radius 1 is 0.362 bits per heavy atom. The lowest BCUT2D eigenvalue weighted by atomic mass is 9.87. The summed E-state index contributed by atoms with van der Waals surface area (Å²) in [5.74, 6) is 0. The molecule has 9 heteroatoms. The molecule has 0 saturated carbocycles. The van der Waals surface area contributed by atoms with Gasteiger partial charge in [-0.2, -0.15) is 8.75 Å². The van der Waals surface area contributed by atoms with Crippen LogP contribution in [-0.2, 0) is 10.8 Å². The number of rotatable bonds is 10. The highest BCUT2D eigenvalue weighted by Gasteiger charge is 2.25. The van der Waals surface area contributed by atoms with Gasteiger partial charge < -0.3 is 21.3 Å². The first kappa shape index (κ1) is 45.7. The van der Waals surface area contributed by atoms with E-state index in [0.717, 1.165) is 86.9 Å². The molecule has 7 aromatic carbocycles. The highest BCUT2D eigenvalue weighted by Crippen LogP contribution is 2.50. The van der Waals surface area contributed by atoms with Crippen molar-refractivity contribution < 1.29 is 0 Å². The molecule has 0 aliphatic carbocycles. The molecule has 0 aliphatic heterocycles. The Kier molecular flexibility index (Phi) is 12.0. The smallest absolute Gasteiger partial charge is 0.116 e. The zero-order valence-corrected chi connectivity index (χ0v) is 42.8. The Balaban J connectivity index is 0.926. The first-order valence-corrected chi connectivity index (χ1v) is 25.7. The van der Waals surface area contributed by atoms with Crippen LogP contribution in [0.1, 0.15) is 63.8 Å². The summed E-state index contributed by atoms with van der Waals surface area (Å²) in [7, 11) is 0. The Labute approximate surface area is 418 Å². The Bertz CT molecular complexity index is 3180. The lowest BCUT2D eigenvalue weighted by Crippen LogP contribution is -2.13. The number of hydrogen-bond donors (Lipinski definition) is 2. The number of aryl methyl sites for hydroxylation is 2. The fourth-order valence-electron chi connectivity index (χ4n) is 8.85. The van der Waals surface area contributed by atoms with Crippen molar-refractivity contribution in [2.45, 2.75) is 66.2 Å². The van der Waals surface area contributed by atoms with Crippen molar-refractivity contribution >= 4 is 90.9 Å². The summed E-state index contributed by atoms with van der Waals surface area (Å²) in [5, 5.41) is 0. The van der Waals surface area contributed by atoms with Gasteiger partial charge >= 0.3 is 0 Å². The van der Waals surface area contributed by atoms with Crippen LogP contribution in [0.5, 0.6) is 0 Å². The van der Waals surface area contributed by atoms with E-state index in [4.69, 9.17) is 20.2 Å². The number of benzene rings is 7. The minimum absolute atomic E-state index is 0.0746. The van der Waals surface area contributed by atoms with Crippen molar-refractivity contribution in [1.82, 2.24) is 8.75 Å². The van der Waals surface area contributed by atoms with Gasteiger partial charge in [-0.05, 0) is 144 Å². The van der Waals surface area contributed by atoms with E-state index >= 15 is 0 Å². The van der Waals surface area contributed by atoms with Crippen LogP contribution < -0.4 is 21.3 Å². The maximum atomic E-state index is 7.04. The van der Waals surface area contributed by atoms with E-state index in [2.05, 4.69) is 235 Å². The van der Waals surface area contributed by atoms with Gasteiger partial charge in [0, 0.05) is 64.8 Å². The SMILES string of the molecule is Cc1ccc(N(c2ccc(-c3ccc(-c4c(N)c(N)c(-c5ccc(-c6ccc(N(c7ccc(C)cc7)c7ccc(C(C)(C)C)cc7)cc6)s5)c5nsnc45)s3)cc2)c2ccc(C(C)(C)C)cc2)cc1.